The highest BCUT2D eigenvalue weighted by molar-refractivity contribution is 6.05. The molecule has 0 bridgehead atoms. The summed E-state index contributed by atoms with van der Waals surface area (Å²) in [6, 6.07) is 10.2. The predicted octanol–water partition coefficient (Wildman–Crippen LogP) is 3.82. The van der Waals surface area contributed by atoms with E-state index < -0.39 is 12.1 Å². The highest BCUT2D eigenvalue weighted by atomic mass is 16.5. The first-order valence-electron chi connectivity index (χ1n) is 13.2. The number of amides is 1. The van der Waals surface area contributed by atoms with Crippen LogP contribution in [-0.4, -0.2) is 81.7 Å². The van der Waals surface area contributed by atoms with Crippen LogP contribution in [0.4, 0.5) is 0 Å². The summed E-state index contributed by atoms with van der Waals surface area (Å²) in [6.07, 6.45) is 2.94. The number of carbonyl (C=O) groups excluding carboxylic acids is 2. The van der Waals surface area contributed by atoms with Crippen LogP contribution in [0.3, 0.4) is 0 Å². The number of hydrogen-bond acceptors (Lipinski definition) is 9. The number of piperidine rings is 1. The summed E-state index contributed by atoms with van der Waals surface area (Å²) in [5.41, 5.74) is 2.28. The highest BCUT2D eigenvalue weighted by Crippen LogP contribution is 2.41. The Labute approximate surface area is 229 Å². The molecule has 1 saturated heterocycles. The van der Waals surface area contributed by atoms with Crippen molar-refractivity contribution >= 4 is 17.6 Å². The van der Waals surface area contributed by atoms with Gasteiger partial charge in [0.2, 0.25) is 0 Å². The molecule has 1 fully saturated rings. The van der Waals surface area contributed by atoms with Crippen LogP contribution in [0.2, 0.25) is 0 Å². The molecule has 2 aliphatic rings. The van der Waals surface area contributed by atoms with Crippen LogP contribution in [0.1, 0.15) is 49.8 Å². The van der Waals surface area contributed by atoms with Crippen molar-refractivity contribution in [2.75, 3.05) is 48.1 Å². The summed E-state index contributed by atoms with van der Waals surface area (Å²) < 4.78 is 27.3. The molecule has 2 atom stereocenters. The van der Waals surface area contributed by atoms with Crippen LogP contribution < -0.4 is 18.9 Å². The molecule has 39 heavy (non-hydrogen) atoms. The molecule has 1 amide bonds. The molecule has 0 aliphatic carbocycles. The van der Waals surface area contributed by atoms with Gasteiger partial charge in [-0.2, -0.15) is 5.10 Å². The number of hydrogen-bond donors (Lipinski definition) is 0. The maximum absolute atomic E-state index is 13.9. The van der Waals surface area contributed by atoms with Crippen molar-refractivity contribution < 1.29 is 33.3 Å². The standard InChI is InChI=1S/C29H37N3O7/c1-6-39-29(34)24-9-7-8-14-31(24)18-28(33)32-25(22-13-11-20(36-3)16-27(22)38-5)17-23(30-32)21-12-10-19(35-2)15-26(21)37-4/h10-13,15-16,24-25H,6-9,14,17-18H2,1-5H3. The summed E-state index contributed by atoms with van der Waals surface area (Å²) in [5.74, 6) is 2.00. The van der Waals surface area contributed by atoms with E-state index in [0.29, 0.717) is 54.7 Å². The van der Waals surface area contributed by atoms with Gasteiger partial charge < -0.3 is 23.7 Å². The Bertz CT molecular complexity index is 1220. The lowest BCUT2D eigenvalue weighted by atomic mass is 9.96. The second-order valence-electron chi connectivity index (χ2n) is 9.41. The Morgan fingerprint density at radius 1 is 0.923 bits per heavy atom. The monoisotopic (exact) mass is 539 g/mol. The molecule has 2 heterocycles. The number of rotatable bonds is 10. The largest absolute Gasteiger partial charge is 0.497 e. The summed E-state index contributed by atoms with van der Waals surface area (Å²) in [7, 11) is 6.37. The van der Waals surface area contributed by atoms with Gasteiger partial charge in [-0.3, -0.25) is 14.5 Å². The van der Waals surface area contributed by atoms with E-state index in [9.17, 15) is 9.59 Å². The smallest absolute Gasteiger partial charge is 0.323 e. The SMILES string of the molecule is CCOC(=O)C1CCCCN1CC(=O)N1N=C(c2ccc(OC)cc2OC)CC1c1ccc(OC)cc1OC. The minimum atomic E-state index is -0.440. The van der Waals surface area contributed by atoms with Crippen molar-refractivity contribution in [2.24, 2.45) is 5.10 Å². The van der Waals surface area contributed by atoms with Crippen LogP contribution >= 0.6 is 0 Å². The number of methoxy groups -OCH3 is 4. The van der Waals surface area contributed by atoms with Gasteiger partial charge in [0, 0.05) is 29.7 Å². The first-order valence-corrected chi connectivity index (χ1v) is 13.2. The van der Waals surface area contributed by atoms with E-state index in [-0.39, 0.29) is 18.4 Å². The van der Waals surface area contributed by atoms with Gasteiger partial charge in [0.15, 0.2) is 0 Å². The quantitative estimate of drug-likeness (QED) is 0.421. The van der Waals surface area contributed by atoms with Crippen molar-refractivity contribution in [3.05, 3.63) is 47.5 Å². The molecule has 0 saturated carbocycles. The molecule has 2 unspecified atom stereocenters. The van der Waals surface area contributed by atoms with Gasteiger partial charge in [0.1, 0.15) is 29.0 Å². The lowest BCUT2D eigenvalue weighted by Gasteiger charge is -2.34. The van der Waals surface area contributed by atoms with Crippen molar-refractivity contribution in [3.63, 3.8) is 0 Å². The van der Waals surface area contributed by atoms with Crippen molar-refractivity contribution in [2.45, 2.75) is 44.7 Å². The third-order valence-electron chi connectivity index (χ3n) is 7.20. The van der Waals surface area contributed by atoms with Crippen LogP contribution in [0.15, 0.2) is 41.5 Å². The molecular formula is C29H37N3O7. The topological polar surface area (TPSA) is 99.1 Å². The molecule has 4 rings (SSSR count). The summed E-state index contributed by atoms with van der Waals surface area (Å²) in [5, 5.41) is 6.33. The first kappa shape index (κ1) is 28.2. The van der Waals surface area contributed by atoms with Crippen LogP contribution in [-0.2, 0) is 14.3 Å². The third-order valence-corrected chi connectivity index (χ3v) is 7.20. The van der Waals surface area contributed by atoms with Crippen LogP contribution in [0.25, 0.3) is 0 Å². The van der Waals surface area contributed by atoms with Gasteiger partial charge in [-0.15, -0.1) is 0 Å². The summed E-state index contributed by atoms with van der Waals surface area (Å²) in [4.78, 5) is 28.4. The Balaban J connectivity index is 1.70. The highest BCUT2D eigenvalue weighted by Gasteiger charge is 2.38. The third kappa shape index (κ3) is 6.11. The molecule has 210 valence electrons. The number of hydrazone groups is 1. The molecule has 0 N–H and O–H groups in total. The van der Waals surface area contributed by atoms with E-state index >= 15 is 0 Å². The molecular weight excluding hydrogens is 502 g/mol. The number of esters is 1. The fraction of sp³-hybridized carbons (Fsp3) is 0.483. The van der Waals surface area contributed by atoms with Crippen molar-refractivity contribution in [3.8, 4) is 23.0 Å². The molecule has 2 aliphatic heterocycles. The maximum Gasteiger partial charge on any atom is 0.323 e. The molecule has 10 nitrogen and oxygen atoms in total. The number of likely N-dealkylation sites (tertiary alicyclic amines) is 1. The van der Waals surface area contributed by atoms with Gasteiger partial charge in [-0.05, 0) is 50.6 Å². The van der Waals surface area contributed by atoms with Gasteiger partial charge >= 0.3 is 5.97 Å². The minimum absolute atomic E-state index is 0.0506. The summed E-state index contributed by atoms with van der Waals surface area (Å²) in [6.45, 7) is 2.79. The number of ether oxygens (including phenoxy) is 5. The Kier molecular flexibility index (Phi) is 9.29. The van der Waals surface area contributed by atoms with Crippen molar-refractivity contribution in [1.82, 2.24) is 9.91 Å². The van der Waals surface area contributed by atoms with E-state index in [1.165, 1.54) is 5.01 Å². The average Bonchev–Trinajstić information content (AvgIpc) is 3.42. The van der Waals surface area contributed by atoms with E-state index in [4.69, 9.17) is 28.8 Å². The number of benzene rings is 2. The fourth-order valence-electron chi connectivity index (χ4n) is 5.21. The van der Waals surface area contributed by atoms with E-state index in [1.807, 2.05) is 29.2 Å². The van der Waals surface area contributed by atoms with E-state index in [1.54, 1.807) is 47.5 Å². The van der Waals surface area contributed by atoms with Crippen LogP contribution in [0.5, 0.6) is 23.0 Å². The normalized spacial score (nSPS) is 19.3. The van der Waals surface area contributed by atoms with E-state index in [0.717, 1.165) is 24.0 Å². The molecule has 0 aromatic heterocycles. The zero-order valence-electron chi connectivity index (χ0n) is 23.3. The van der Waals surface area contributed by atoms with Gasteiger partial charge in [-0.25, -0.2) is 5.01 Å². The molecule has 0 radical (unpaired) electrons. The predicted molar refractivity (Wildman–Crippen MR) is 146 cm³/mol. The Morgan fingerprint density at radius 3 is 2.28 bits per heavy atom. The van der Waals surface area contributed by atoms with Gasteiger partial charge in [-0.1, -0.05) is 6.42 Å². The first-order chi connectivity index (χ1) is 18.9. The van der Waals surface area contributed by atoms with Gasteiger partial charge in [0.05, 0.1) is 53.3 Å². The summed E-state index contributed by atoms with van der Waals surface area (Å²) >= 11 is 0. The lowest BCUT2D eigenvalue weighted by Crippen LogP contribution is -2.49. The fourth-order valence-corrected chi connectivity index (χ4v) is 5.21. The van der Waals surface area contributed by atoms with Gasteiger partial charge in [0.25, 0.3) is 5.91 Å². The molecule has 0 spiro atoms. The lowest BCUT2D eigenvalue weighted by molar-refractivity contribution is -0.152. The number of carbonyl (C=O) groups is 2. The van der Waals surface area contributed by atoms with Crippen LogP contribution in [0, 0.1) is 0 Å². The molecule has 2 aromatic carbocycles. The maximum atomic E-state index is 13.9. The van der Waals surface area contributed by atoms with E-state index in [2.05, 4.69) is 0 Å². The molecule has 2 aromatic rings. The zero-order chi connectivity index (χ0) is 27.9. The average molecular weight is 540 g/mol. The Morgan fingerprint density at radius 2 is 1.62 bits per heavy atom. The Hall–Kier alpha value is -3.79. The minimum Gasteiger partial charge on any atom is -0.497 e. The number of nitrogens with zero attached hydrogens (tertiary/aromatic N) is 3. The van der Waals surface area contributed by atoms with Crippen molar-refractivity contribution in [1.29, 1.82) is 0 Å². The second-order valence-corrected chi connectivity index (χ2v) is 9.41. The second kappa shape index (κ2) is 12.8. The zero-order valence-corrected chi connectivity index (χ0v) is 23.3. The molecule has 10 heteroatoms.